The molecule has 2 aromatic carbocycles. The first-order valence-electron chi connectivity index (χ1n) is 4.96. The summed E-state index contributed by atoms with van der Waals surface area (Å²) < 4.78 is 39.4. The highest BCUT2D eigenvalue weighted by molar-refractivity contribution is 5.88. The summed E-state index contributed by atoms with van der Waals surface area (Å²) in [6, 6.07) is 6.05. The Morgan fingerprint density at radius 2 is 1.50 bits per heavy atom. The van der Waals surface area contributed by atoms with Crippen LogP contribution < -0.4 is 0 Å². The highest BCUT2D eigenvalue weighted by atomic mass is 19.1. The molecule has 2 nitrogen and oxygen atoms in total. The summed E-state index contributed by atoms with van der Waals surface area (Å²) in [4.78, 5) is 10.6. The molecule has 1 N–H and O–H groups in total. The molecule has 0 aliphatic heterocycles. The molecule has 0 fully saturated rings. The van der Waals surface area contributed by atoms with Crippen LogP contribution in [0.25, 0.3) is 11.1 Å². The van der Waals surface area contributed by atoms with Crippen LogP contribution in [-0.2, 0) is 0 Å². The van der Waals surface area contributed by atoms with Gasteiger partial charge in [-0.1, -0.05) is 6.07 Å². The molecule has 0 heterocycles. The molecule has 18 heavy (non-hydrogen) atoms. The van der Waals surface area contributed by atoms with Crippen LogP contribution in [0.5, 0.6) is 0 Å². The molecule has 0 saturated heterocycles. The van der Waals surface area contributed by atoms with Crippen molar-refractivity contribution in [3.8, 4) is 11.1 Å². The van der Waals surface area contributed by atoms with Crippen molar-refractivity contribution in [3.63, 3.8) is 0 Å². The van der Waals surface area contributed by atoms with E-state index in [1.807, 2.05) is 0 Å². The lowest BCUT2D eigenvalue weighted by Crippen LogP contribution is -2.00. The third-order valence-corrected chi connectivity index (χ3v) is 2.40. The van der Waals surface area contributed by atoms with Crippen molar-refractivity contribution in [2.75, 3.05) is 0 Å². The number of rotatable bonds is 2. The van der Waals surface area contributed by atoms with Crippen LogP contribution >= 0.6 is 0 Å². The van der Waals surface area contributed by atoms with Crippen molar-refractivity contribution >= 4 is 5.97 Å². The third kappa shape index (κ3) is 2.34. The van der Waals surface area contributed by atoms with Crippen LogP contribution in [-0.4, -0.2) is 11.1 Å². The van der Waals surface area contributed by atoms with Gasteiger partial charge in [-0.3, -0.25) is 0 Å². The molecular weight excluding hydrogens is 245 g/mol. The number of benzene rings is 2. The van der Waals surface area contributed by atoms with E-state index in [0.29, 0.717) is 6.07 Å². The zero-order chi connectivity index (χ0) is 13.3. The Hall–Kier alpha value is -2.30. The minimum absolute atomic E-state index is 0.142. The topological polar surface area (TPSA) is 37.3 Å². The van der Waals surface area contributed by atoms with E-state index in [4.69, 9.17) is 5.11 Å². The molecule has 0 atom stereocenters. The Labute approximate surface area is 100 Å². The number of carbonyl (C=O) groups is 1. The van der Waals surface area contributed by atoms with E-state index in [1.165, 1.54) is 6.07 Å². The lowest BCUT2D eigenvalue weighted by Gasteiger charge is -2.04. The molecule has 0 amide bonds. The van der Waals surface area contributed by atoms with E-state index in [9.17, 15) is 18.0 Å². The van der Waals surface area contributed by atoms with Crippen molar-refractivity contribution in [2.24, 2.45) is 0 Å². The van der Waals surface area contributed by atoms with Gasteiger partial charge in [0.25, 0.3) is 0 Å². The van der Waals surface area contributed by atoms with Gasteiger partial charge < -0.3 is 5.11 Å². The van der Waals surface area contributed by atoms with Gasteiger partial charge in [-0.2, -0.15) is 0 Å². The number of hydrogen-bond acceptors (Lipinski definition) is 1. The van der Waals surface area contributed by atoms with Crippen LogP contribution in [0.15, 0.2) is 36.4 Å². The molecule has 0 spiro atoms. The first-order chi connectivity index (χ1) is 8.47. The maximum absolute atomic E-state index is 13.4. The summed E-state index contributed by atoms with van der Waals surface area (Å²) in [6.45, 7) is 0. The maximum atomic E-state index is 13.4. The van der Waals surface area contributed by atoms with E-state index >= 15 is 0 Å². The quantitative estimate of drug-likeness (QED) is 0.888. The van der Waals surface area contributed by atoms with Gasteiger partial charge in [0.05, 0.1) is 5.56 Å². The second kappa shape index (κ2) is 4.52. The first-order valence-corrected chi connectivity index (χ1v) is 4.96. The number of hydrogen-bond donors (Lipinski definition) is 1. The zero-order valence-corrected chi connectivity index (χ0v) is 8.95. The lowest BCUT2D eigenvalue weighted by atomic mass is 10.0. The second-order valence-corrected chi connectivity index (χ2v) is 3.66. The monoisotopic (exact) mass is 252 g/mol. The Bertz CT molecular complexity index is 603. The molecule has 0 aliphatic rings. The Morgan fingerprint density at radius 3 is 2.00 bits per heavy atom. The number of halogens is 3. The summed E-state index contributed by atoms with van der Waals surface area (Å²) in [5, 5.41) is 8.66. The highest BCUT2D eigenvalue weighted by Gasteiger charge is 2.12. The average Bonchev–Trinajstić information content (AvgIpc) is 2.26. The minimum atomic E-state index is -1.40. The van der Waals surface area contributed by atoms with Gasteiger partial charge in [-0.25, -0.2) is 18.0 Å². The largest absolute Gasteiger partial charge is 0.478 e. The van der Waals surface area contributed by atoms with Gasteiger partial charge in [-0.05, 0) is 35.4 Å². The Balaban J connectivity index is 2.52. The predicted octanol–water partition coefficient (Wildman–Crippen LogP) is 3.47. The lowest BCUT2D eigenvalue weighted by molar-refractivity contribution is 0.0692. The summed E-state index contributed by atoms with van der Waals surface area (Å²) in [7, 11) is 0. The van der Waals surface area contributed by atoms with Gasteiger partial charge in [0.2, 0.25) is 0 Å². The first kappa shape index (κ1) is 12.2. The fraction of sp³-hybridized carbons (Fsp3) is 0. The molecule has 0 bridgehead atoms. The van der Waals surface area contributed by atoms with Crippen molar-refractivity contribution < 1.29 is 23.1 Å². The second-order valence-electron chi connectivity index (χ2n) is 3.66. The van der Waals surface area contributed by atoms with Crippen LogP contribution in [0.4, 0.5) is 13.2 Å². The van der Waals surface area contributed by atoms with E-state index in [0.717, 1.165) is 24.3 Å². The fourth-order valence-corrected chi connectivity index (χ4v) is 1.59. The van der Waals surface area contributed by atoms with Gasteiger partial charge >= 0.3 is 5.97 Å². The molecule has 0 radical (unpaired) electrons. The van der Waals surface area contributed by atoms with Crippen LogP contribution in [0, 0.1) is 17.5 Å². The molecule has 92 valence electrons. The van der Waals surface area contributed by atoms with Gasteiger partial charge in [-0.15, -0.1) is 0 Å². The zero-order valence-electron chi connectivity index (χ0n) is 8.95. The van der Waals surface area contributed by atoms with E-state index in [2.05, 4.69) is 0 Å². The smallest absolute Gasteiger partial charge is 0.338 e. The van der Waals surface area contributed by atoms with E-state index in [-0.39, 0.29) is 11.1 Å². The molecule has 0 aliphatic carbocycles. The molecule has 0 unspecified atom stereocenters. The molecule has 0 aromatic heterocycles. The SMILES string of the molecule is O=C(O)c1ccc(-c2cc(F)cc(F)c2)cc1F. The van der Waals surface area contributed by atoms with E-state index < -0.39 is 29.0 Å². The molecule has 5 heteroatoms. The Morgan fingerprint density at radius 1 is 0.889 bits per heavy atom. The van der Waals surface area contributed by atoms with Gasteiger partial charge in [0.1, 0.15) is 17.5 Å². The third-order valence-electron chi connectivity index (χ3n) is 2.40. The molecule has 2 rings (SSSR count). The summed E-state index contributed by atoms with van der Waals surface area (Å²) >= 11 is 0. The fourth-order valence-electron chi connectivity index (χ4n) is 1.59. The van der Waals surface area contributed by atoms with Crippen molar-refractivity contribution in [1.82, 2.24) is 0 Å². The summed E-state index contributed by atoms with van der Waals surface area (Å²) in [6.07, 6.45) is 0. The van der Waals surface area contributed by atoms with Crippen molar-refractivity contribution in [1.29, 1.82) is 0 Å². The predicted molar refractivity (Wildman–Crippen MR) is 58.7 cm³/mol. The average molecular weight is 252 g/mol. The Kier molecular flexibility index (Phi) is 3.06. The number of aromatic carboxylic acids is 1. The van der Waals surface area contributed by atoms with Crippen LogP contribution in [0.2, 0.25) is 0 Å². The van der Waals surface area contributed by atoms with Crippen LogP contribution in [0.1, 0.15) is 10.4 Å². The van der Waals surface area contributed by atoms with Crippen LogP contribution in [0.3, 0.4) is 0 Å². The van der Waals surface area contributed by atoms with Crippen molar-refractivity contribution in [2.45, 2.75) is 0 Å². The standard InChI is InChI=1S/C13H7F3O2/c14-9-3-8(4-10(15)6-9)7-1-2-11(13(17)18)12(16)5-7/h1-6H,(H,17,18). The minimum Gasteiger partial charge on any atom is -0.478 e. The number of carboxylic acid groups (broad SMARTS) is 1. The van der Waals surface area contributed by atoms with Crippen molar-refractivity contribution in [3.05, 3.63) is 59.4 Å². The molecular formula is C13H7F3O2. The summed E-state index contributed by atoms with van der Waals surface area (Å²) in [5.74, 6) is -3.92. The maximum Gasteiger partial charge on any atom is 0.338 e. The summed E-state index contributed by atoms with van der Waals surface area (Å²) in [5.41, 5.74) is -0.144. The van der Waals surface area contributed by atoms with Gasteiger partial charge in [0.15, 0.2) is 0 Å². The van der Waals surface area contributed by atoms with Gasteiger partial charge in [0, 0.05) is 6.07 Å². The highest BCUT2D eigenvalue weighted by Crippen LogP contribution is 2.23. The number of carboxylic acids is 1. The molecule has 0 saturated carbocycles. The normalized spacial score (nSPS) is 10.4. The van der Waals surface area contributed by atoms with E-state index in [1.54, 1.807) is 0 Å². The molecule has 2 aromatic rings.